The molecule has 6 aromatic rings. The summed E-state index contributed by atoms with van der Waals surface area (Å²) in [6.07, 6.45) is 0. The lowest BCUT2D eigenvalue weighted by atomic mass is 10.3. The number of hydrogen-bond donors (Lipinski definition) is 0. The van der Waals surface area contributed by atoms with Crippen molar-refractivity contribution in [1.29, 1.82) is 0 Å². The highest BCUT2D eigenvalue weighted by atomic mass is 33.1. The van der Waals surface area contributed by atoms with Crippen molar-refractivity contribution in [2.45, 2.75) is 10.3 Å². The first-order valence-corrected chi connectivity index (χ1v) is 12.5. The molecular weight excluding hydrogens is 436 g/mol. The number of thiazole rings is 2. The van der Waals surface area contributed by atoms with E-state index in [4.69, 9.17) is 0 Å². The van der Waals surface area contributed by atoms with Gasteiger partial charge in [0.2, 0.25) is 15.1 Å². The molecule has 28 heavy (non-hydrogen) atoms. The van der Waals surface area contributed by atoms with Crippen LogP contribution in [0.3, 0.4) is 0 Å². The van der Waals surface area contributed by atoms with E-state index in [1.54, 1.807) is 8.80 Å². The fourth-order valence-electron chi connectivity index (χ4n) is 3.06. The molecule has 6 rings (SSSR count). The van der Waals surface area contributed by atoms with Crippen LogP contribution < -0.4 is 0 Å². The quantitative estimate of drug-likeness (QED) is 0.384. The van der Waals surface area contributed by atoms with Crippen LogP contribution in [0.5, 0.6) is 0 Å². The van der Waals surface area contributed by atoms with E-state index in [-0.39, 0.29) is 10.3 Å². The molecule has 0 amide bonds. The van der Waals surface area contributed by atoms with Gasteiger partial charge in [-0.2, -0.15) is 0 Å². The zero-order valence-corrected chi connectivity index (χ0v) is 17.0. The van der Waals surface area contributed by atoms with E-state index < -0.39 is 8.87 Å². The average Bonchev–Trinajstić information content (AvgIpc) is 3.41. The first-order valence-electron chi connectivity index (χ1n) is 8.02. The molecule has 0 unspecified atom stereocenters. The molecule has 8 nitrogen and oxygen atoms in total. The number of rotatable bonds is 3. The van der Waals surface area contributed by atoms with Gasteiger partial charge in [-0.05, 0) is 24.3 Å². The lowest BCUT2D eigenvalue weighted by molar-refractivity contribution is 0.601. The molecule has 4 heterocycles. The molecule has 0 N–H and O–H groups in total. The highest BCUT2D eigenvalue weighted by Crippen LogP contribution is 2.36. The summed E-state index contributed by atoms with van der Waals surface area (Å²) >= 11 is 2.86. The maximum atomic E-state index is 13.2. The van der Waals surface area contributed by atoms with Gasteiger partial charge in [0, 0.05) is 0 Å². The van der Waals surface area contributed by atoms with Gasteiger partial charge in [-0.25, -0.2) is 8.42 Å². The van der Waals surface area contributed by atoms with E-state index in [0.717, 1.165) is 20.4 Å². The summed E-state index contributed by atoms with van der Waals surface area (Å²) in [4.78, 5) is 1.18. The van der Waals surface area contributed by atoms with Gasteiger partial charge in [0.1, 0.15) is 0 Å². The predicted molar refractivity (Wildman–Crippen MR) is 110 cm³/mol. The second-order valence-electron chi connectivity index (χ2n) is 5.88. The minimum absolute atomic E-state index is 0.110. The molecule has 0 aliphatic carbocycles. The van der Waals surface area contributed by atoms with Crippen LogP contribution in [-0.2, 0) is 8.87 Å². The highest BCUT2D eigenvalue weighted by Gasteiger charge is 2.28. The van der Waals surface area contributed by atoms with Crippen molar-refractivity contribution >= 4 is 72.7 Å². The monoisotopic (exact) mass is 444 g/mol. The van der Waals surface area contributed by atoms with Crippen molar-refractivity contribution in [3.63, 3.8) is 0 Å². The van der Waals surface area contributed by atoms with E-state index in [1.165, 1.54) is 22.7 Å². The zero-order valence-electron chi connectivity index (χ0n) is 13.8. The summed E-state index contributed by atoms with van der Waals surface area (Å²) in [6.45, 7) is 0. The van der Waals surface area contributed by atoms with Crippen LogP contribution in [0, 0.1) is 0 Å². The zero-order chi connectivity index (χ0) is 18.9. The second kappa shape index (κ2) is 5.73. The third-order valence-electron chi connectivity index (χ3n) is 4.23. The van der Waals surface area contributed by atoms with Gasteiger partial charge in [0.15, 0.2) is 0 Å². The number of benzene rings is 2. The molecule has 0 aliphatic rings. The summed E-state index contributed by atoms with van der Waals surface area (Å²) in [5.74, 6) is 0. The molecule has 4 aromatic heterocycles. The number of fused-ring (bicyclic) bond motifs is 6. The topological polar surface area (TPSA) is 94.5 Å². The normalized spacial score (nSPS) is 12.7. The van der Waals surface area contributed by atoms with Crippen molar-refractivity contribution in [3.8, 4) is 0 Å². The first kappa shape index (κ1) is 16.4. The molecular formula is C16H8N6O2S4. The second-order valence-corrected chi connectivity index (χ2v) is 11.5. The molecule has 0 bridgehead atoms. The van der Waals surface area contributed by atoms with Crippen molar-refractivity contribution < 1.29 is 8.42 Å². The maximum Gasteiger partial charge on any atom is 0.273 e. The van der Waals surface area contributed by atoms with E-state index in [0.29, 0.717) is 20.7 Å². The molecule has 2 aromatic carbocycles. The summed E-state index contributed by atoms with van der Waals surface area (Å²) in [6, 6.07) is 15.3. The molecule has 0 saturated heterocycles. The summed E-state index contributed by atoms with van der Waals surface area (Å²) < 4.78 is 31.7. The van der Waals surface area contributed by atoms with E-state index in [1.807, 2.05) is 48.5 Å². The molecule has 0 radical (unpaired) electrons. The number of nitrogens with zero attached hydrogens (tertiary/aromatic N) is 6. The smallest absolute Gasteiger partial charge is 0.260 e. The SMILES string of the molecule is O=S(=O)(Sc1nnc2sc3ccccc3n12)c1nnc2sc3ccccc3n12. The predicted octanol–water partition coefficient (Wildman–Crippen LogP) is 3.68. The summed E-state index contributed by atoms with van der Waals surface area (Å²) in [7, 11) is -3.24. The fraction of sp³-hybridized carbons (Fsp3) is 0. The Bertz CT molecular complexity index is 1620. The minimum Gasteiger partial charge on any atom is -0.260 e. The third kappa shape index (κ3) is 2.25. The maximum absolute atomic E-state index is 13.2. The van der Waals surface area contributed by atoms with Gasteiger partial charge in [-0.15, -0.1) is 20.4 Å². The number of aromatic nitrogens is 6. The molecule has 0 atom stereocenters. The number of hydrogen-bond acceptors (Lipinski definition) is 9. The highest BCUT2D eigenvalue weighted by molar-refractivity contribution is 8.71. The third-order valence-corrected chi connectivity index (χ3v) is 9.15. The van der Waals surface area contributed by atoms with Crippen LogP contribution in [0.2, 0.25) is 0 Å². The molecule has 0 fully saturated rings. The van der Waals surface area contributed by atoms with Crippen molar-refractivity contribution in [2.75, 3.05) is 0 Å². The summed E-state index contributed by atoms with van der Waals surface area (Å²) in [5, 5.41) is 16.4. The Morgan fingerprint density at radius 2 is 1.32 bits per heavy atom. The van der Waals surface area contributed by atoms with E-state index >= 15 is 0 Å². The Morgan fingerprint density at radius 3 is 2.04 bits per heavy atom. The van der Waals surface area contributed by atoms with Crippen LogP contribution in [0.15, 0.2) is 58.8 Å². The molecule has 12 heteroatoms. The van der Waals surface area contributed by atoms with Gasteiger partial charge in [-0.1, -0.05) is 46.9 Å². The molecule has 0 saturated carbocycles. The van der Waals surface area contributed by atoms with Crippen LogP contribution in [-0.4, -0.2) is 37.6 Å². The van der Waals surface area contributed by atoms with Crippen LogP contribution in [0.4, 0.5) is 0 Å². The van der Waals surface area contributed by atoms with E-state index in [2.05, 4.69) is 20.4 Å². The lowest BCUT2D eigenvalue weighted by Crippen LogP contribution is -2.03. The largest absolute Gasteiger partial charge is 0.273 e. The molecule has 0 spiro atoms. The van der Waals surface area contributed by atoms with Crippen molar-refractivity contribution in [1.82, 2.24) is 29.2 Å². The van der Waals surface area contributed by atoms with Crippen LogP contribution in [0.1, 0.15) is 0 Å². The lowest BCUT2D eigenvalue weighted by Gasteiger charge is -2.01. The van der Waals surface area contributed by atoms with Gasteiger partial charge < -0.3 is 0 Å². The van der Waals surface area contributed by atoms with Crippen LogP contribution in [0.25, 0.3) is 30.4 Å². The minimum atomic E-state index is -3.87. The van der Waals surface area contributed by atoms with Crippen molar-refractivity contribution in [2.24, 2.45) is 0 Å². The Labute approximate surface area is 168 Å². The Balaban J connectivity index is 1.54. The fourth-order valence-corrected chi connectivity index (χ4v) is 7.72. The molecule has 0 aliphatic heterocycles. The Hall–Kier alpha value is -2.54. The number of para-hydroxylation sites is 2. The molecule has 138 valence electrons. The van der Waals surface area contributed by atoms with Gasteiger partial charge in [-0.3, -0.25) is 8.80 Å². The van der Waals surface area contributed by atoms with Crippen molar-refractivity contribution in [3.05, 3.63) is 48.5 Å². The average molecular weight is 445 g/mol. The first-order chi connectivity index (χ1) is 13.6. The Morgan fingerprint density at radius 1 is 0.750 bits per heavy atom. The Kier molecular flexibility index (Phi) is 3.36. The standard InChI is InChI=1S/C16H8N6O2S4/c23-28(24,16-20-18-14-22(16)10-6-2-4-8-12(10)26-14)27-15-19-17-13-21(15)9-5-1-3-7-11(9)25-13/h1-8H. The van der Waals surface area contributed by atoms with Crippen LogP contribution >= 0.6 is 33.5 Å². The van der Waals surface area contributed by atoms with E-state index in [9.17, 15) is 8.42 Å². The van der Waals surface area contributed by atoms with Gasteiger partial charge in [0.05, 0.1) is 31.2 Å². The summed E-state index contributed by atoms with van der Waals surface area (Å²) in [5.41, 5.74) is 1.64. The van der Waals surface area contributed by atoms with Gasteiger partial charge >= 0.3 is 0 Å². The van der Waals surface area contributed by atoms with Gasteiger partial charge in [0.25, 0.3) is 14.0 Å².